The topological polar surface area (TPSA) is 69.7 Å². The molecule has 0 atom stereocenters. The summed E-state index contributed by atoms with van der Waals surface area (Å²) in [5.41, 5.74) is 0.0954. The van der Waals surface area contributed by atoms with Crippen LogP contribution in [0.3, 0.4) is 0 Å². The van der Waals surface area contributed by atoms with E-state index in [2.05, 4.69) is 5.32 Å². The second kappa shape index (κ2) is 7.48. The van der Waals surface area contributed by atoms with Gasteiger partial charge in [-0.05, 0) is 36.6 Å². The molecule has 29 heavy (non-hydrogen) atoms. The molecule has 0 unspecified atom stereocenters. The minimum atomic E-state index is -0.991. The highest BCUT2D eigenvalue weighted by Crippen LogP contribution is 2.31. The number of urea groups is 1. The van der Waals surface area contributed by atoms with Crippen molar-refractivity contribution in [2.75, 3.05) is 13.1 Å². The second-order valence-corrected chi connectivity index (χ2v) is 7.71. The van der Waals surface area contributed by atoms with Crippen LogP contribution in [0, 0.1) is 5.82 Å². The Morgan fingerprint density at radius 1 is 1.10 bits per heavy atom. The highest BCUT2D eigenvalue weighted by molar-refractivity contribution is 6.33. The molecule has 6 nitrogen and oxygen atoms in total. The monoisotopic (exact) mass is 415 g/mol. The number of benzene rings is 2. The summed E-state index contributed by atoms with van der Waals surface area (Å²) in [4.78, 5) is 41.0. The number of rotatable bonds is 3. The third-order valence-electron chi connectivity index (χ3n) is 5.50. The summed E-state index contributed by atoms with van der Waals surface area (Å²) in [5.74, 6) is -1.09. The summed E-state index contributed by atoms with van der Waals surface area (Å²) in [6.07, 6.45) is 0.626. The number of hydrogen-bond acceptors (Lipinski definition) is 3. The molecule has 0 aromatic heterocycles. The Morgan fingerprint density at radius 3 is 2.45 bits per heavy atom. The molecule has 2 aromatic rings. The average molecular weight is 416 g/mol. The van der Waals surface area contributed by atoms with Gasteiger partial charge in [-0.1, -0.05) is 41.9 Å². The fourth-order valence-corrected chi connectivity index (χ4v) is 4.10. The third kappa shape index (κ3) is 3.58. The highest BCUT2D eigenvalue weighted by atomic mass is 35.5. The van der Waals surface area contributed by atoms with Crippen LogP contribution in [0.25, 0.3) is 0 Å². The lowest BCUT2D eigenvalue weighted by molar-refractivity contribution is -0.133. The summed E-state index contributed by atoms with van der Waals surface area (Å²) in [7, 11) is 0. The molecular formula is C21H19ClFN3O3. The maximum atomic E-state index is 13.2. The van der Waals surface area contributed by atoms with Gasteiger partial charge in [0.25, 0.3) is 11.8 Å². The van der Waals surface area contributed by atoms with Crippen molar-refractivity contribution in [1.82, 2.24) is 15.1 Å². The van der Waals surface area contributed by atoms with Crippen molar-refractivity contribution in [3.63, 3.8) is 0 Å². The van der Waals surface area contributed by atoms with E-state index >= 15 is 0 Å². The van der Waals surface area contributed by atoms with Crippen LogP contribution in [-0.2, 0) is 11.3 Å². The Hall–Kier alpha value is -2.93. The molecule has 4 amide bonds. The van der Waals surface area contributed by atoms with Crippen molar-refractivity contribution in [2.45, 2.75) is 24.9 Å². The minimum Gasteiger partial charge on any atom is -0.338 e. The molecule has 8 heteroatoms. The minimum absolute atomic E-state index is 0.0505. The predicted molar refractivity (Wildman–Crippen MR) is 105 cm³/mol. The number of amides is 4. The normalized spacial score (nSPS) is 18.3. The van der Waals surface area contributed by atoms with Gasteiger partial charge in [0.15, 0.2) is 0 Å². The molecule has 0 saturated carbocycles. The number of halogens is 2. The van der Waals surface area contributed by atoms with E-state index in [-0.39, 0.29) is 42.0 Å². The molecule has 2 fully saturated rings. The number of likely N-dealkylation sites (tertiary alicyclic amines) is 1. The molecule has 2 aromatic carbocycles. The zero-order chi connectivity index (χ0) is 20.6. The van der Waals surface area contributed by atoms with Gasteiger partial charge in [0.05, 0.1) is 17.1 Å². The molecule has 2 saturated heterocycles. The van der Waals surface area contributed by atoms with E-state index in [0.29, 0.717) is 12.8 Å². The molecular weight excluding hydrogens is 397 g/mol. The Balaban J connectivity index is 1.45. The van der Waals surface area contributed by atoms with Crippen LogP contribution in [0.1, 0.15) is 28.8 Å². The smallest absolute Gasteiger partial charge is 0.325 e. The molecule has 1 spiro atoms. The van der Waals surface area contributed by atoms with Crippen molar-refractivity contribution in [1.29, 1.82) is 0 Å². The molecule has 4 rings (SSSR count). The number of nitrogens with zero attached hydrogens (tertiary/aromatic N) is 2. The lowest BCUT2D eigenvalue weighted by Gasteiger charge is -2.37. The van der Waals surface area contributed by atoms with Crippen LogP contribution in [0.2, 0.25) is 5.02 Å². The first-order valence-electron chi connectivity index (χ1n) is 9.32. The van der Waals surface area contributed by atoms with Crippen molar-refractivity contribution in [3.8, 4) is 0 Å². The number of nitrogens with one attached hydrogen (secondary N) is 1. The van der Waals surface area contributed by atoms with Gasteiger partial charge in [-0.3, -0.25) is 14.5 Å². The van der Waals surface area contributed by atoms with E-state index in [0.717, 1.165) is 11.6 Å². The predicted octanol–water partition coefficient (Wildman–Crippen LogP) is 3.21. The Kier molecular flexibility index (Phi) is 5.00. The molecule has 0 bridgehead atoms. The van der Waals surface area contributed by atoms with Gasteiger partial charge in [0, 0.05) is 13.1 Å². The highest BCUT2D eigenvalue weighted by Gasteiger charge is 2.52. The van der Waals surface area contributed by atoms with E-state index in [1.165, 1.54) is 17.0 Å². The number of carbonyl (C=O) groups excluding carboxylic acids is 3. The van der Waals surface area contributed by atoms with E-state index in [1.807, 2.05) is 30.3 Å². The first-order valence-corrected chi connectivity index (χ1v) is 9.70. The molecule has 0 aliphatic carbocycles. The second-order valence-electron chi connectivity index (χ2n) is 7.31. The number of carbonyl (C=O) groups is 3. The maximum absolute atomic E-state index is 13.2. The summed E-state index contributed by atoms with van der Waals surface area (Å²) >= 11 is 6.00. The van der Waals surface area contributed by atoms with E-state index in [1.54, 1.807) is 4.90 Å². The Bertz CT molecular complexity index is 974. The summed E-state index contributed by atoms with van der Waals surface area (Å²) in [5, 5.41) is 2.88. The molecule has 0 radical (unpaired) electrons. The zero-order valence-electron chi connectivity index (χ0n) is 15.5. The molecule has 2 heterocycles. The molecule has 2 aliphatic heterocycles. The van der Waals surface area contributed by atoms with E-state index in [9.17, 15) is 18.8 Å². The number of hydrogen-bond donors (Lipinski definition) is 1. The van der Waals surface area contributed by atoms with Gasteiger partial charge in [-0.15, -0.1) is 0 Å². The Labute approximate surface area is 172 Å². The molecule has 1 N–H and O–H groups in total. The van der Waals surface area contributed by atoms with Crippen molar-refractivity contribution < 1.29 is 18.8 Å². The third-order valence-corrected chi connectivity index (χ3v) is 5.81. The summed E-state index contributed by atoms with van der Waals surface area (Å²) < 4.78 is 13.2. The van der Waals surface area contributed by atoms with Crippen molar-refractivity contribution in [3.05, 3.63) is 70.5 Å². The number of imide groups is 1. The average Bonchev–Trinajstić information content (AvgIpc) is 2.93. The first-order chi connectivity index (χ1) is 13.9. The SMILES string of the molecule is O=C(c1ccc(F)cc1Cl)N1CCC2(CC1)NC(=O)N(Cc1ccccc1)C2=O. The van der Waals surface area contributed by atoms with Gasteiger partial charge in [0.1, 0.15) is 11.4 Å². The van der Waals surface area contributed by atoms with Gasteiger partial charge in [-0.2, -0.15) is 0 Å². The Morgan fingerprint density at radius 2 is 1.79 bits per heavy atom. The fraction of sp³-hybridized carbons (Fsp3) is 0.286. The van der Waals surface area contributed by atoms with Gasteiger partial charge in [0.2, 0.25) is 0 Å². The fourth-order valence-electron chi connectivity index (χ4n) is 3.85. The quantitative estimate of drug-likeness (QED) is 0.782. The van der Waals surface area contributed by atoms with Crippen molar-refractivity contribution in [2.24, 2.45) is 0 Å². The lowest BCUT2D eigenvalue weighted by atomic mass is 9.87. The summed E-state index contributed by atoms with van der Waals surface area (Å²) in [6, 6.07) is 12.5. The summed E-state index contributed by atoms with van der Waals surface area (Å²) in [6.45, 7) is 0.788. The van der Waals surface area contributed by atoms with E-state index in [4.69, 9.17) is 11.6 Å². The first kappa shape index (κ1) is 19.4. The molecule has 2 aliphatic rings. The van der Waals surface area contributed by atoms with Gasteiger partial charge in [-0.25, -0.2) is 9.18 Å². The zero-order valence-corrected chi connectivity index (χ0v) is 16.3. The van der Waals surface area contributed by atoms with Crippen LogP contribution in [-0.4, -0.2) is 46.3 Å². The van der Waals surface area contributed by atoms with Crippen molar-refractivity contribution >= 4 is 29.4 Å². The largest absolute Gasteiger partial charge is 0.338 e. The number of piperidine rings is 1. The molecule has 150 valence electrons. The standard InChI is InChI=1S/C21H19ClFN3O3/c22-17-12-15(23)6-7-16(17)18(27)25-10-8-21(9-11-25)19(28)26(20(29)24-21)13-14-4-2-1-3-5-14/h1-7,12H,8-11,13H2,(H,24,29). The van der Waals surface area contributed by atoms with Crippen LogP contribution < -0.4 is 5.32 Å². The lowest BCUT2D eigenvalue weighted by Crippen LogP contribution is -2.55. The van der Waals surface area contributed by atoms with Crippen LogP contribution >= 0.6 is 11.6 Å². The van der Waals surface area contributed by atoms with Crippen LogP contribution in [0.5, 0.6) is 0 Å². The van der Waals surface area contributed by atoms with Gasteiger partial charge < -0.3 is 10.2 Å². The maximum Gasteiger partial charge on any atom is 0.325 e. The van der Waals surface area contributed by atoms with Crippen LogP contribution in [0.4, 0.5) is 9.18 Å². The van der Waals surface area contributed by atoms with Crippen LogP contribution in [0.15, 0.2) is 48.5 Å². The van der Waals surface area contributed by atoms with Gasteiger partial charge >= 0.3 is 6.03 Å². The van der Waals surface area contributed by atoms with E-state index < -0.39 is 17.4 Å².